The quantitative estimate of drug-likeness (QED) is 0.292. The molecule has 1 atom stereocenters. The summed E-state index contributed by atoms with van der Waals surface area (Å²) < 4.78 is 21.0. The van der Waals surface area contributed by atoms with Crippen LogP contribution in [0.25, 0.3) is 11.1 Å². The third kappa shape index (κ3) is 5.69. The number of benzene rings is 1. The van der Waals surface area contributed by atoms with E-state index in [9.17, 15) is 4.39 Å². The van der Waals surface area contributed by atoms with Gasteiger partial charge in [0.05, 0.1) is 5.69 Å². The van der Waals surface area contributed by atoms with Crippen LogP contribution in [0.15, 0.2) is 37.1 Å². The van der Waals surface area contributed by atoms with E-state index in [4.69, 9.17) is 4.74 Å². The van der Waals surface area contributed by atoms with Crippen molar-refractivity contribution in [3.63, 3.8) is 0 Å². The Labute approximate surface area is 265 Å². The molecule has 3 aliphatic heterocycles. The second-order valence-electron chi connectivity index (χ2n) is 14.7. The lowest BCUT2D eigenvalue weighted by molar-refractivity contribution is -0.0813. The van der Waals surface area contributed by atoms with Gasteiger partial charge in [-0.25, -0.2) is 19.3 Å². The van der Waals surface area contributed by atoms with E-state index in [1.807, 2.05) is 0 Å². The summed E-state index contributed by atoms with van der Waals surface area (Å²) in [7, 11) is 0. The summed E-state index contributed by atoms with van der Waals surface area (Å²) >= 11 is 0. The fraction of sp³-hybridized carbons (Fsp3) is 0.629. The molecule has 8 rings (SSSR count). The van der Waals surface area contributed by atoms with E-state index in [-0.39, 0.29) is 11.2 Å². The molecule has 3 saturated heterocycles. The first-order chi connectivity index (χ1) is 22.0. The Kier molecular flexibility index (Phi) is 7.68. The third-order valence-corrected chi connectivity index (χ3v) is 11.2. The highest BCUT2D eigenvalue weighted by atomic mass is 19.1. The Morgan fingerprint density at radius 1 is 0.956 bits per heavy atom. The molecular weight excluding hydrogens is 567 g/mol. The van der Waals surface area contributed by atoms with Crippen molar-refractivity contribution in [3.8, 4) is 22.8 Å². The Balaban J connectivity index is 0.955. The minimum absolute atomic E-state index is 0.271. The Morgan fingerprint density at radius 2 is 1.78 bits per heavy atom. The Hall–Kier alpha value is -3.24. The number of halogens is 1. The standard InChI is InChI=1S/C35H45FN8O/c1-23(2)32(25-14-27(15-25)42-11-4-3-5-12-42)44-19-35(20-44)10-13-43(18-35)33-34(41-40-22-39-33)45-30-9-8-26(36)16-28(30)29-17-37-21-38-31(29)24-6-7-24/h8-9,16-17,21-25,27,32H,3-7,10-15,18-20H2,1-2H3/t25?,27?,32-/m1/s1. The SMILES string of the molecule is CC(C)[C@H](C1CC(N2CCCCC2)C1)N1CC2(CCN(c3ncnnc3Oc3ccc(F)cc3-c3cncnc3C3CC3)C2)C1. The fourth-order valence-electron chi connectivity index (χ4n) is 8.83. The average molecular weight is 613 g/mol. The van der Waals surface area contributed by atoms with Crippen molar-refractivity contribution in [2.75, 3.05) is 44.2 Å². The van der Waals surface area contributed by atoms with Crippen molar-refractivity contribution in [2.45, 2.75) is 83.2 Å². The molecule has 238 valence electrons. The summed E-state index contributed by atoms with van der Waals surface area (Å²) in [6.07, 6.45) is 15.0. The van der Waals surface area contributed by atoms with Crippen molar-refractivity contribution in [1.82, 2.24) is 34.9 Å². The van der Waals surface area contributed by atoms with Crippen LogP contribution < -0.4 is 9.64 Å². The molecule has 0 N–H and O–H groups in total. The summed E-state index contributed by atoms with van der Waals surface area (Å²) in [5.74, 6) is 3.08. The van der Waals surface area contributed by atoms with Gasteiger partial charge < -0.3 is 14.5 Å². The van der Waals surface area contributed by atoms with Gasteiger partial charge in [0.25, 0.3) is 5.88 Å². The maximum absolute atomic E-state index is 14.5. The Bertz CT molecular complexity index is 1510. The van der Waals surface area contributed by atoms with Gasteiger partial charge in [0.1, 0.15) is 24.2 Å². The van der Waals surface area contributed by atoms with Crippen molar-refractivity contribution < 1.29 is 9.13 Å². The highest BCUT2D eigenvalue weighted by Gasteiger charge is 2.53. The molecule has 2 aromatic heterocycles. The van der Waals surface area contributed by atoms with Crippen molar-refractivity contribution in [3.05, 3.63) is 48.6 Å². The van der Waals surface area contributed by atoms with Crippen LogP contribution in [0, 0.1) is 23.1 Å². The first-order valence-electron chi connectivity index (χ1n) is 17.1. The lowest BCUT2D eigenvalue weighted by Gasteiger charge is -2.58. The van der Waals surface area contributed by atoms with Crippen molar-refractivity contribution in [2.24, 2.45) is 17.3 Å². The highest BCUT2D eigenvalue weighted by Crippen LogP contribution is 2.49. The zero-order chi connectivity index (χ0) is 30.5. The molecule has 45 heavy (non-hydrogen) atoms. The summed E-state index contributed by atoms with van der Waals surface area (Å²) in [5.41, 5.74) is 2.64. The number of hydrogen-bond acceptors (Lipinski definition) is 9. The minimum Gasteiger partial charge on any atom is -0.434 e. The van der Waals surface area contributed by atoms with Gasteiger partial charge >= 0.3 is 0 Å². The number of likely N-dealkylation sites (tertiary alicyclic amines) is 2. The number of aromatic nitrogens is 5. The van der Waals surface area contributed by atoms with Gasteiger partial charge in [0, 0.05) is 66.9 Å². The molecule has 9 nitrogen and oxygen atoms in total. The number of ether oxygens (including phenoxy) is 1. The number of anilines is 1. The summed E-state index contributed by atoms with van der Waals surface area (Å²) in [4.78, 5) is 21.3. The molecule has 1 spiro atoms. The number of nitrogens with zero attached hydrogens (tertiary/aromatic N) is 8. The van der Waals surface area contributed by atoms with Crippen LogP contribution in [0.3, 0.4) is 0 Å². The van der Waals surface area contributed by atoms with Crippen LogP contribution >= 0.6 is 0 Å². The molecule has 5 heterocycles. The van der Waals surface area contributed by atoms with Gasteiger partial charge in [-0.1, -0.05) is 20.3 Å². The molecule has 2 saturated carbocycles. The third-order valence-electron chi connectivity index (χ3n) is 11.2. The maximum Gasteiger partial charge on any atom is 0.282 e. The van der Waals surface area contributed by atoms with E-state index in [1.165, 1.54) is 63.7 Å². The highest BCUT2D eigenvalue weighted by molar-refractivity contribution is 5.73. The molecule has 5 fully saturated rings. The molecule has 0 bridgehead atoms. The number of rotatable bonds is 9. The van der Waals surface area contributed by atoms with E-state index in [1.54, 1.807) is 18.6 Å². The first-order valence-corrected chi connectivity index (χ1v) is 17.1. The molecule has 1 aromatic carbocycles. The second-order valence-corrected chi connectivity index (χ2v) is 14.7. The molecule has 0 radical (unpaired) electrons. The molecule has 0 amide bonds. The van der Waals surface area contributed by atoms with Gasteiger partial charge in [-0.15, -0.1) is 10.2 Å². The van der Waals surface area contributed by atoms with Crippen molar-refractivity contribution in [1.29, 1.82) is 0 Å². The Morgan fingerprint density at radius 3 is 2.56 bits per heavy atom. The lowest BCUT2D eigenvalue weighted by atomic mass is 9.68. The molecular formula is C35H45FN8O. The monoisotopic (exact) mass is 612 g/mol. The van der Waals surface area contributed by atoms with E-state index in [0.717, 1.165) is 68.7 Å². The van der Waals surface area contributed by atoms with Gasteiger partial charge in [-0.2, -0.15) is 0 Å². The van der Waals surface area contributed by atoms with Crippen LogP contribution in [0.1, 0.15) is 76.8 Å². The largest absolute Gasteiger partial charge is 0.434 e. The van der Waals surface area contributed by atoms with E-state index < -0.39 is 0 Å². The van der Waals surface area contributed by atoms with Crippen LogP contribution in [0.5, 0.6) is 11.6 Å². The second kappa shape index (κ2) is 11.8. The number of hydrogen-bond donors (Lipinski definition) is 0. The molecule has 2 aliphatic carbocycles. The predicted molar refractivity (Wildman–Crippen MR) is 171 cm³/mol. The van der Waals surface area contributed by atoms with Crippen LogP contribution in [-0.4, -0.2) is 86.3 Å². The van der Waals surface area contributed by atoms with Crippen LogP contribution in [0.4, 0.5) is 10.2 Å². The normalized spacial score (nSPS) is 25.7. The van der Waals surface area contributed by atoms with Gasteiger partial charge in [-0.3, -0.25) is 4.90 Å². The van der Waals surface area contributed by atoms with E-state index in [2.05, 4.69) is 53.7 Å². The fourth-order valence-corrected chi connectivity index (χ4v) is 8.83. The lowest BCUT2D eigenvalue weighted by Crippen LogP contribution is -2.65. The number of piperidine rings is 1. The smallest absolute Gasteiger partial charge is 0.282 e. The summed E-state index contributed by atoms with van der Waals surface area (Å²) in [5, 5.41) is 8.44. The average Bonchev–Trinajstić information content (AvgIpc) is 3.77. The zero-order valence-corrected chi connectivity index (χ0v) is 26.6. The molecule has 5 aliphatic rings. The van der Waals surface area contributed by atoms with Gasteiger partial charge in [-0.05, 0) is 88.1 Å². The predicted octanol–water partition coefficient (Wildman–Crippen LogP) is 5.94. The van der Waals surface area contributed by atoms with Crippen LogP contribution in [0.2, 0.25) is 0 Å². The minimum atomic E-state index is -0.333. The molecule has 3 aromatic rings. The zero-order valence-electron chi connectivity index (χ0n) is 26.6. The maximum atomic E-state index is 14.5. The summed E-state index contributed by atoms with van der Waals surface area (Å²) in [6.45, 7) is 11.6. The topological polar surface area (TPSA) is 83.4 Å². The molecule has 10 heteroatoms. The first kappa shape index (κ1) is 29.2. The van der Waals surface area contributed by atoms with E-state index in [0.29, 0.717) is 40.9 Å². The van der Waals surface area contributed by atoms with Crippen molar-refractivity contribution >= 4 is 5.82 Å². The van der Waals surface area contributed by atoms with Gasteiger partial charge in [0.15, 0.2) is 5.82 Å². The van der Waals surface area contributed by atoms with Gasteiger partial charge in [0.2, 0.25) is 0 Å². The van der Waals surface area contributed by atoms with Crippen LogP contribution in [-0.2, 0) is 0 Å². The van der Waals surface area contributed by atoms with E-state index >= 15 is 0 Å². The molecule has 0 unspecified atom stereocenters. The summed E-state index contributed by atoms with van der Waals surface area (Å²) in [6, 6.07) is 6.06.